The Kier molecular flexibility index (Phi) is 7.65. The van der Waals surface area contributed by atoms with Gasteiger partial charge in [-0.05, 0) is 68.5 Å². The van der Waals surface area contributed by atoms with Crippen molar-refractivity contribution in [3.63, 3.8) is 0 Å². The highest BCUT2D eigenvalue weighted by atomic mass is 32.2. The van der Waals surface area contributed by atoms with Crippen molar-refractivity contribution < 1.29 is 13.8 Å². The molecule has 0 aromatic heterocycles. The molecule has 2 N–H and O–H groups in total. The number of amides is 3. The quantitative estimate of drug-likeness (QED) is 0.719. The number of nitrogens with one attached hydrogen (secondary N) is 2. The predicted molar refractivity (Wildman–Crippen MR) is 125 cm³/mol. The molecular formula is C24H28N4O3S. The maximum Gasteiger partial charge on any atom is 0.319 e. The maximum atomic E-state index is 13.1. The van der Waals surface area contributed by atoms with Gasteiger partial charge in [0.15, 0.2) is 0 Å². The third-order valence-electron chi connectivity index (χ3n) is 5.50. The van der Waals surface area contributed by atoms with Crippen LogP contribution in [0, 0.1) is 11.3 Å². The summed E-state index contributed by atoms with van der Waals surface area (Å²) in [5.41, 5.74) is 2.66. The van der Waals surface area contributed by atoms with E-state index in [4.69, 9.17) is 5.26 Å². The number of hydrogen-bond acceptors (Lipinski definition) is 4. The van der Waals surface area contributed by atoms with Gasteiger partial charge in [0.25, 0.3) is 5.91 Å². The van der Waals surface area contributed by atoms with E-state index >= 15 is 0 Å². The lowest BCUT2D eigenvalue weighted by atomic mass is 9.89. The van der Waals surface area contributed by atoms with E-state index in [0.717, 1.165) is 12.8 Å². The van der Waals surface area contributed by atoms with Crippen LogP contribution in [-0.4, -0.2) is 46.4 Å². The normalized spacial score (nSPS) is 15.2. The molecule has 1 saturated heterocycles. The molecule has 2 aromatic rings. The minimum absolute atomic E-state index is 0.0483. The second-order valence-corrected chi connectivity index (χ2v) is 9.57. The van der Waals surface area contributed by atoms with Crippen LogP contribution in [0.2, 0.25) is 0 Å². The molecule has 1 fully saturated rings. The first-order valence-electron chi connectivity index (χ1n) is 10.6. The molecule has 3 amide bonds. The third kappa shape index (κ3) is 5.74. The predicted octanol–water partition coefficient (Wildman–Crippen LogP) is 3.85. The summed E-state index contributed by atoms with van der Waals surface area (Å²) in [6.45, 7) is 4.95. The lowest BCUT2D eigenvalue weighted by Gasteiger charge is -2.32. The highest BCUT2D eigenvalue weighted by Gasteiger charge is 2.25. The molecule has 0 radical (unpaired) electrons. The summed E-state index contributed by atoms with van der Waals surface area (Å²) in [6, 6.07) is 14.2. The van der Waals surface area contributed by atoms with E-state index in [0.29, 0.717) is 40.7 Å². The van der Waals surface area contributed by atoms with Gasteiger partial charge in [-0.3, -0.25) is 9.00 Å². The summed E-state index contributed by atoms with van der Waals surface area (Å²) in [4.78, 5) is 27.6. The fraction of sp³-hybridized carbons (Fsp3) is 0.375. The average molecular weight is 453 g/mol. The molecule has 0 spiro atoms. The number of carbonyl (C=O) groups excluding carboxylic acids is 2. The lowest BCUT2D eigenvalue weighted by molar-refractivity contribution is 0.0713. The number of piperidine rings is 1. The van der Waals surface area contributed by atoms with Gasteiger partial charge in [0.05, 0.1) is 33.0 Å². The Hall–Kier alpha value is -3.18. The van der Waals surface area contributed by atoms with Crippen molar-refractivity contribution in [3.05, 3.63) is 59.2 Å². The molecule has 1 aliphatic rings. The zero-order valence-electron chi connectivity index (χ0n) is 18.6. The summed E-state index contributed by atoms with van der Waals surface area (Å²) in [5, 5.41) is 14.4. The molecule has 1 atom stereocenters. The smallest absolute Gasteiger partial charge is 0.319 e. The Morgan fingerprint density at radius 2 is 1.78 bits per heavy atom. The van der Waals surface area contributed by atoms with Crippen molar-refractivity contribution in [1.82, 2.24) is 10.2 Å². The Morgan fingerprint density at radius 1 is 1.12 bits per heavy atom. The van der Waals surface area contributed by atoms with E-state index < -0.39 is 16.8 Å². The van der Waals surface area contributed by atoms with Gasteiger partial charge in [-0.15, -0.1) is 0 Å². The number of carbonyl (C=O) groups is 2. The zero-order valence-corrected chi connectivity index (χ0v) is 19.4. The largest absolute Gasteiger partial charge is 0.339 e. The summed E-state index contributed by atoms with van der Waals surface area (Å²) in [6.07, 6.45) is 3.23. The first-order chi connectivity index (χ1) is 15.3. The SMILES string of the molecule is CC(C)NC(=O)Nc1cc(C(=O)N2CCC(c3ccc(C#N)cc3)CC2)ccc1S(C)=O. The third-order valence-corrected chi connectivity index (χ3v) is 6.47. The van der Waals surface area contributed by atoms with E-state index in [-0.39, 0.29) is 11.9 Å². The van der Waals surface area contributed by atoms with Crippen molar-refractivity contribution >= 4 is 28.4 Å². The zero-order chi connectivity index (χ0) is 23.3. The van der Waals surface area contributed by atoms with Crippen LogP contribution in [0.1, 0.15) is 54.1 Å². The van der Waals surface area contributed by atoms with Crippen LogP contribution in [-0.2, 0) is 10.8 Å². The van der Waals surface area contributed by atoms with Gasteiger partial charge in [0.1, 0.15) is 0 Å². The van der Waals surface area contributed by atoms with E-state index in [2.05, 4.69) is 16.7 Å². The van der Waals surface area contributed by atoms with Crippen LogP contribution in [0.5, 0.6) is 0 Å². The molecule has 3 rings (SSSR count). The highest BCUT2D eigenvalue weighted by molar-refractivity contribution is 7.84. The molecule has 1 unspecified atom stereocenters. The van der Waals surface area contributed by atoms with E-state index in [1.165, 1.54) is 11.8 Å². The number of nitrogens with zero attached hydrogens (tertiary/aromatic N) is 2. The number of benzene rings is 2. The summed E-state index contributed by atoms with van der Waals surface area (Å²) >= 11 is 0. The Bertz CT molecular complexity index is 1050. The second kappa shape index (κ2) is 10.4. The van der Waals surface area contributed by atoms with Crippen LogP contribution >= 0.6 is 0 Å². The highest BCUT2D eigenvalue weighted by Crippen LogP contribution is 2.29. The average Bonchev–Trinajstić information content (AvgIpc) is 2.78. The molecule has 0 bridgehead atoms. The maximum absolute atomic E-state index is 13.1. The molecule has 1 aliphatic heterocycles. The number of nitriles is 1. The summed E-state index contributed by atoms with van der Waals surface area (Å²) < 4.78 is 12.1. The standard InChI is InChI=1S/C24H28N4O3S/c1-16(2)26-24(30)27-21-14-20(8-9-22(21)32(3)31)23(29)28-12-10-19(11-13-28)18-6-4-17(15-25)5-7-18/h4-9,14,16,19H,10-13H2,1-3H3,(H2,26,27,30). The van der Waals surface area contributed by atoms with Gasteiger partial charge in [-0.25, -0.2) is 4.79 Å². The van der Waals surface area contributed by atoms with E-state index in [1.807, 2.05) is 43.0 Å². The second-order valence-electron chi connectivity index (χ2n) is 8.22. The van der Waals surface area contributed by atoms with Gasteiger partial charge in [-0.2, -0.15) is 5.26 Å². The van der Waals surface area contributed by atoms with Crippen LogP contribution in [0.25, 0.3) is 0 Å². The molecule has 8 heteroatoms. The number of urea groups is 1. The van der Waals surface area contributed by atoms with Crippen molar-refractivity contribution in [2.75, 3.05) is 24.7 Å². The van der Waals surface area contributed by atoms with Crippen molar-refractivity contribution in [3.8, 4) is 6.07 Å². The first kappa shape index (κ1) is 23.5. The molecule has 7 nitrogen and oxygen atoms in total. The minimum Gasteiger partial charge on any atom is -0.339 e. The molecule has 1 heterocycles. The molecular weight excluding hydrogens is 424 g/mol. The lowest BCUT2D eigenvalue weighted by Crippen LogP contribution is -2.38. The molecule has 168 valence electrons. The summed E-state index contributed by atoms with van der Waals surface area (Å²) in [7, 11) is -1.31. The minimum atomic E-state index is -1.31. The van der Waals surface area contributed by atoms with Gasteiger partial charge in [0.2, 0.25) is 0 Å². The first-order valence-corrected chi connectivity index (χ1v) is 12.2. The molecule has 2 aromatic carbocycles. The van der Waals surface area contributed by atoms with Crippen molar-refractivity contribution in [2.24, 2.45) is 0 Å². The fourth-order valence-corrected chi connectivity index (χ4v) is 4.54. The summed E-state index contributed by atoms with van der Waals surface area (Å²) in [5.74, 6) is 0.248. The van der Waals surface area contributed by atoms with Crippen LogP contribution in [0.15, 0.2) is 47.4 Å². The monoisotopic (exact) mass is 452 g/mol. The van der Waals surface area contributed by atoms with Crippen molar-refractivity contribution in [1.29, 1.82) is 5.26 Å². The van der Waals surface area contributed by atoms with Gasteiger partial charge >= 0.3 is 6.03 Å². The molecule has 0 aliphatic carbocycles. The fourth-order valence-electron chi connectivity index (χ4n) is 3.86. The Balaban J connectivity index is 1.70. The number of anilines is 1. The van der Waals surface area contributed by atoms with Gasteiger partial charge in [0, 0.05) is 31.0 Å². The topological polar surface area (TPSA) is 102 Å². The van der Waals surface area contributed by atoms with Crippen LogP contribution in [0.3, 0.4) is 0 Å². The van der Waals surface area contributed by atoms with Crippen LogP contribution < -0.4 is 10.6 Å². The van der Waals surface area contributed by atoms with Crippen molar-refractivity contribution in [2.45, 2.75) is 43.5 Å². The Morgan fingerprint density at radius 3 is 2.34 bits per heavy atom. The van der Waals surface area contributed by atoms with Crippen LogP contribution in [0.4, 0.5) is 10.5 Å². The van der Waals surface area contributed by atoms with E-state index in [1.54, 1.807) is 18.2 Å². The van der Waals surface area contributed by atoms with E-state index in [9.17, 15) is 13.8 Å². The van der Waals surface area contributed by atoms with Gasteiger partial charge in [-0.1, -0.05) is 12.1 Å². The Labute approximate surface area is 191 Å². The number of hydrogen-bond donors (Lipinski definition) is 2. The molecule has 32 heavy (non-hydrogen) atoms. The number of likely N-dealkylation sites (tertiary alicyclic amines) is 1. The molecule has 0 saturated carbocycles. The number of rotatable bonds is 5. The van der Waals surface area contributed by atoms with Gasteiger partial charge < -0.3 is 15.5 Å².